The van der Waals surface area contributed by atoms with Crippen LogP contribution in [0.3, 0.4) is 0 Å². The highest BCUT2D eigenvalue weighted by atomic mass is 16.5. The lowest BCUT2D eigenvalue weighted by Gasteiger charge is -2.37. The van der Waals surface area contributed by atoms with E-state index in [0.717, 1.165) is 30.4 Å². The first-order valence-corrected chi connectivity index (χ1v) is 7.20. The molecule has 3 aliphatic carbocycles. The molecule has 3 saturated carbocycles. The average molecular weight is 223 g/mol. The van der Waals surface area contributed by atoms with Crippen LogP contribution in [0.4, 0.5) is 0 Å². The quantitative estimate of drug-likeness (QED) is 0.773. The van der Waals surface area contributed by atoms with Gasteiger partial charge < -0.3 is 10.1 Å². The van der Waals surface area contributed by atoms with Crippen LogP contribution in [0.25, 0.3) is 0 Å². The van der Waals surface area contributed by atoms with Crippen LogP contribution in [0.2, 0.25) is 0 Å². The fourth-order valence-electron chi connectivity index (χ4n) is 4.05. The molecule has 3 unspecified atom stereocenters. The Morgan fingerprint density at radius 2 is 2.00 bits per heavy atom. The molecule has 0 amide bonds. The van der Waals surface area contributed by atoms with Crippen LogP contribution in [0.1, 0.15) is 45.4 Å². The minimum Gasteiger partial charge on any atom is -0.378 e. The molecule has 0 aromatic rings. The summed E-state index contributed by atoms with van der Waals surface area (Å²) in [4.78, 5) is 0. The van der Waals surface area contributed by atoms with Crippen molar-refractivity contribution in [2.75, 3.05) is 13.2 Å². The highest BCUT2D eigenvalue weighted by Crippen LogP contribution is 2.48. The van der Waals surface area contributed by atoms with Crippen LogP contribution in [0.15, 0.2) is 0 Å². The second-order valence-electron chi connectivity index (χ2n) is 6.09. The fraction of sp³-hybridized carbons (Fsp3) is 1.00. The summed E-state index contributed by atoms with van der Waals surface area (Å²) < 4.78 is 5.59. The largest absolute Gasteiger partial charge is 0.378 e. The number of rotatable bonds is 5. The molecule has 1 N–H and O–H groups in total. The normalized spacial score (nSPS) is 45.9. The topological polar surface area (TPSA) is 21.3 Å². The van der Waals surface area contributed by atoms with Gasteiger partial charge in [0.25, 0.3) is 0 Å². The first-order chi connectivity index (χ1) is 7.85. The van der Waals surface area contributed by atoms with Crippen molar-refractivity contribution in [2.24, 2.45) is 17.8 Å². The number of hydrogen-bond donors (Lipinski definition) is 1. The third kappa shape index (κ3) is 2.14. The Morgan fingerprint density at radius 3 is 2.62 bits per heavy atom. The maximum absolute atomic E-state index is 5.59. The van der Waals surface area contributed by atoms with Gasteiger partial charge in [0.05, 0.1) is 6.10 Å². The standard InChI is InChI=1S/C14H25NO/c1-2-16-14-7-13(8-14)15-9-12-6-10-3-4-11(12)5-10/h10-15H,2-9H2,1H3. The lowest BCUT2D eigenvalue weighted by Crippen LogP contribution is -2.47. The molecule has 0 spiro atoms. The van der Waals surface area contributed by atoms with E-state index in [1.165, 1.54) is 38.6 Å². The lowest BCUT2D eigenvalue weighted by molar-refractivity contribution is -0.0110. The van der Waals surface area contributed by atoms with E-state index in [1.54, 1.807) is 6.42 Å². The van der Waals surface area contributed by atoms with Crippen molar-refractivity contribution in [2.45, 2.75) is 57.6 Å². The molecule has 2 nitrogen and oxygen atoms in total. The highest BCUT2D eigenvalue weighted by molar-refractivity contribution is 4.93. The molecule has 0 radical (unpaired) electrons. The van der Waals surface area contributed by atoms with E-state index < -0.39 is 0 Å². The van der Waals surface area contributed by atoms with Crippen molar-refractivity contribution < 1.29 is 4.74 Å². The molecular weight excluding hydrogens is 198 g/mol. The Labute approximate surface area is 99.1 Å². The van der Waals surface area contributed by atoms with E-state index in [4.69, 9.17) is 4.74 Å². The summed E-state index contributed by atoms with van der Waals surface area (Å²) in [5.74, 6) is 3.17. The Kier molecular flexibility index (Phi) is 3.21. The zero-order valence-corrected chi connectivity index (χ0v) is 10.5. The van der Waals surface area contributed by atoms with Crippen LogP contribution in [0, 0.1) is 17.8 Å². The summed E-state index contributed by atoms with van der Waals surface area (Å²) in [6.45, 7) is 4.25. The fourth-order valence-corrected chi connectivity index (χ4v) is 4.05. The molecule has 0 aromatic heterocycles. The van der Waals surface area contributed by atoms with Crippen molar-refractivity contribution in [3.05, 3.63) is 0 Å². The van der Waals surface area contributed by atoms with Gasteiger partial charge in [-0.1, -0.05) is 6.42 Å². The minimum absolute atomic E-state index is 0.558. The second-order valence-corrected chi connectivity index (χ2v) is 6.09. The van der Waals surface area contributed by atoms with Crippen LogP contribution in [0.5, 0.6) is 0 Å². The summed E-state index contributed by atoms with van der Waals surface area (Å²) in [7, 11) is 0. The summed E-state index contributed by atoms with van der Waals surface area (Å²) >= 11 is 0. The van der Waals surface area contributed by atoms with E-state index in [-0.39, 0.29) is 0 Å². The number of fused-ring (bicyclic) bond motifs is 2. The number of nitrogens with one attached hydrogen (secondary N) is 1. The van der Waals surface area contributed by atoms with E-state index in [2.05, 4.69) is 12.2 Å². The molecule has 3 atom stereocenters. The molecule has 3 fully saturated rings. The van der Waals surface area contributed by atoms with Gasteiger partial charge >= 0.3 is 0 Å². The third-order valence-electron chi connectivity index (χ3n) is 5.05. The molecular formula is C14H25NO. The van der Waals surface area contributed by atoms with Crippen LogP contribution >= 0.6 is 0 Å². The molecule has 3 rings (SSSR count). The monoisotopic (exact) mass is 223 g/mol. The van der Waals surface area contributed by atoms with Crippen molar-refractivity contribution in [3.63, 3.8) is 0 Å². The molecule has 92 valence electrons. The zero-order valence-electron chi connectivity index (χ0n) is 10.5. The first-order valence-electron chi connectivity index (χ1n) is 7.20. The summed E-state index contributed by atoms with van der Waals surface area (Å²) in [5.41, 5.74) is 0. The Bertz CT molecular complexity index is 237. The summed E-state index contributed by atoms with van der Waals surface area (Å²) in [5, 5.41) is 3.75. The van der Waals surface area contributed by atoms with Crippen LogP contribution in [-0.4, -0.2) is 25.3 Å². The van der Waals surface area contributed by atoms with Crippen molar-refractivity contribution in [3.8, 4) is 0 Å². The maximum Gasteiger partial charge on any atom is 0.0604 e. The maximum atomic E-state index is 5.59. The molecule has 2 heteroatoms. The SMILES string of the molecule is CCOC1CC(NCC2CC3CCC2C3)C1. The summed E-state index contributed by atoms with van der Waals surface area (Å²) in [6, 6.07) is 0.760. The molecule has 2 bridgehead atoms. The predicted molar refractivity (Wildman–Crippen MR) is 65.4 cm³/mol. The first kappa shape index (κ1) is 11.0. The van der Waals surface area contributed by atoms with E-state index in [9.17, 15) is 0 Å². The number of hydrogen-bond acceptors (Lipinski definition) is 2. The van der Waals surface area contributed by atoms with E-state index in [0.29, 0.717) is 6.10 Å². The van der Waals surface area contributed by atoms with Crippen molar-refractivity contribution >= 4 is 0 Å². The average Bonchev–Trinajstić information content (AvgIpc) is 2.82. The predicted octanol–water partition coefficient (Wildman–Crippen LogP) is 2.58. The van der Waals surface area contributed by atoms with Crippen LogP contribution < -0.4 is 5.32 Å². The van der Waals surface area contributed by atoms with Gasteiger partial charge in [-0.2, -0.15) is 0 Å². The van der Waals surface area contributed by atoms with Gasteiger partial charge in [-0.15, -0.1) is 0 Å². The molecule has 0 aliphatic heterocycles. The summed E-state index contributed by atoms with van der Waals surface area (Å²) in [6.07, 6.45) is 9.14. The third-order valence-corrected chi connectivity index (χ3v) is 5.05. The van der Waals surface area contributed by atoms with Gasteiger partial charge in [0.15, 0.2) is 0 Å². The molecule has 16 heavy (non-hydrogen) atoms. The van der Waals surface area contributed by atoms with Gasteiger partial charge in [-0.25, -0.2) is 0 Å². The van der Waals surface area contributed by atoms with Gasteiger partial charge in [0, 0.05) is 12.6 Å². The molecule has 0 aromatic carbocycles. The minimum atomic E-state index is 0.558. The molecule has 0 saturated heterocycles. The van der Waals surface area contributed by atoms with E-state index in [1.807, 2.05) is 0 Å². The molecule has 0 heterocycles. The van der Waals surface area contributed by atoms with E-state index >= 15 is 0 Å². The number of ether oxygens (including phenoxy) is 1. The Morgan fingerprint density at radius 1 is 1.12 bits per heavy atom. The Balaban J connectivity index is 1.33. The van der Waals surface area contributed by atoms with Gasteiger partial charge in [0.2, 0.25) is 0 Å². The van der Waals surface area contributed by atoms with Gasteiger partial charge in [-0.3, -0.25) is 0 Å². The lowest BCUT2D eigenvalue weighted by atomic mass is 9.86. The van der Waals surface area contributed by atoms with Crippen LogP contribution in [-0.2, 0) is 4.74 Å². The highest BCUT2D eigenvalue weighted by Gasteiger charge is 2.39. The smallest absolute Gasteiger partial charge is 0.0604 e. The van der Waals surface area contributed by atoms with Gasteiger partial charge in [0.1, 0.15) is 0 Å². The zero-order chi connectivity index (χ0) is 11.0. The Hall–Kier alpha value is -0.0800. The van der Waals surface area contributed by atoms with Crippen molar-refractivity contribution in [1.29, 1.82) is 0 Å². The molecule has 3 aliphatic rings. The van der Waals surface area contributed by atoms with Crippen molar-refractivity contribution in [1.82, 2.24) is 5.32 Å². The second kappa shape index (κ2) is 4.66. The van der Waals surface area contributed by atoms with Gasteiger partial charge in [-0.05, 0) is 63.3 Å².